The molecule has 3 atom stereocenters. The quantitative estimate of drug-likeness (QED) is 0.877. The van der Waals surface area contributed by atoms with Crippen LogP contribution in [0.3, 0.4) is 0 Å². The zero-order chi connectivity index (χ0) is 13.1. The smallest absolute Gasteiger partial charge is 0.270 e. The van der Waals surface area contributed by atoms with Crippen molar-refractivity contribution in [3.63, 3.8) is 0 Å². The Bertz CT molecular complexity index is 438. The van der Waals surface area contributed by atoms with Gasteiger partial charge in [-0.05, 0) is 43.2 Å². The van der Waals surface area contributed by atoms with Gasteiger partial charge in [0.25, 0.3) is 5.91 Å². The summed E-state index contributed by atoms with van der Waals surface area (Å²) in [5.74, 6) is 1.55. The molecular weight excluding hydrogens is 262 g/mol. The summed E-state index contributed by atoms with van der Waals surface area (Å²) in [6.45, 7) is 4.47. The van der Waals surface area contributed by atoms with E-state index in [0.717, 1.165) is 12.3 Å². The van der Waals surface area contributed by atoms with Crippen molar-refractivity contribution in [3.8, 4) is 0 Å². The molecule has 1 aliphatic carbocycles. The average molecular weight is 284 g/mol. The number of nitrogens with one attached hydrogen (secondary N) is 1. The van der Waals surface area contributed by atoms with E-state index in [1.807, 2.05) is 0 Å². The molecule has 106 valence electrons. The third-order valence-corrected chi connectivity index (χ3v) is 3.75. The molecule has 0 aromatic carbocycles. The van der Waals surface area contributed by atoms with Crippen molar-refractivity contribution in [1.82, 2.24) is 10.3 Å². The fraction of sp³-hybridized carbons (Fsp3) is 0.571. The normalized spacial score (nSPS) is 26.3. The van der Waals surface area contributed by atoms with E-state index < -0.39 is 0 Å². The molecule has 0 bridgehead atoms. The van der Waals surface area contributed by atoms with Crippen molar-refractivity contribution in [2.45, 2.75) is 39.2 Å². The molecule has 1 aromatic heterocycles. The van der Waals surface area contributed by atoms with Gasteiger partial charge in [-0.15, -0.1) is 12.4 Å². The number of carbonyl (C=O) groups is 1. The first-order chi connectivity index (χ1) is 8.56. The predicted octanol–water partition coefficient (Wildman–Crippen LogP) is 2.64. The monoisotopic (exact) mass is 283 g/mol. The summed E-state index contributed by atoms with van der Waals surface area (Å²) in [6, 6.07) is 5.39. The Morgan fingerprint density at radius 1 is 1.37 bits per heavy atom. The summed E-state index contributed by atoms with van der Waals surface area (Å²) in [4.78, 5) is 16.1. The third-order valence-electron chi connectivity index (χ3n) is 3.75. The first kappa shape index (κ1) is 15.8. The van der Waals surface area contributed by atoms with Crippen LogP contribution in [0.2, 0.25) is 0 Å². The van der Waals surface area contributed by atoms with Crippen LogP contribution in [0, 0.1) is 11.8 Å². The van der Waals surface area contributed by atoms with Gasteiger partial charge in [-0.25, -0.2) is 4.98 Å². The lowest BCUT2D eigenvalue weighted by Gasteiger charge is -2.33. The highest BCUT2D eigenvalue weighted by Crippen LogP contribution is 2.28. The molecule has 0 aliphatic heterocycles. The zero-order valence-corrected chi connectivity index (χ0v) is 12.2. The maximum absolute atomic E-state index is 12.1. The first-order valence-electron chi connectivity index (χ1n) is 6.59. The molecule has 0 radical (unpaired) electrons. The van der Waals surface area contributed by atoms with Gasteiger partial charge in [-0.2, -0.15) is 0 Å². The molecule has 0 spiro atoms. The molecule has 1 amide bonds. The number of halogens is 1. The number of pyridine rings is 1. The number of aromatic nitrogens is 1. The largest absolute Gasteiger partial charge is 0.384 e. The molecule has 5 heteroatoms. The number of nitrogens with two attached hydrogens (primary N) is 1. The number of carbonyl (C=O) groups excluding carboxylic acids is 1. The number of hydrogen-bond acceptors (Lipinski definition) is 3. The minimum Gasteiger partial charge on any atom is -0.384 e. The minimum atomic E-state index is -0.117. The predicted molar refractivity (Wildman–Crippen MR) is 79.3 cm³/mol. The number of hydrogen-bond donors (Lipinski definition) is 2. The first-order valence-corrected chi connectivity index (χ1v) is 6.59. The lowest BCUT2D eigenvalue weighted by molar-refractivity contribution is 0.0894. The second-order valence-corrected chi connectivity index (χ2v) is 5.42. The van der Waals surface area contributed by atoms with Gasteiger partial charge in [-0.3, -0.25) is 4.79 Å². The Balaban J connectivity index is 0.00000180. The van der Waals surface area contributed by atoms with Gasteiger partial charge in [0.1, 0.15) is 11.5 Å². The van der Waals surface area contributed by atoms with E-state index in [0.29, 0.717) is 17.4 Å². The van der Waals surface area contributed by atoms with Crippen LogP contribution in [0.5, 0.6) is 0 Å². The molecule has 1 aliphatic rings. The SMILES string of the molecule is CC1CCC(NC(=O)c2cccc(N)n2)C(C)C1.Cl. The highest BCUT2D eigenvalue weighted by Gasteiger charge is 2.26. The number of nitrogen functional groups attached to an aromatic ring is 1. The zero-order valence-electron chi connectivity index (χ0n) is 11.4. The van der Waals surface area contributed by atoms with Crippen LogP contribution in [-0.2, 0) is 0 Å². The summed E-state index contributed by atoms with van der Waals surface area (Å²) < 4.78 is 0. The van der Waals surface area contributed by atoms with E-state index in [-0.39, 0.29) is 24.4 Å². The van der Waals surface area contributed by atoms with E-state index >= 15 is 0 Å². The molecule has 0 saturated heterocycles. The molecule has 3 unspecified atom stereocenters. The summed E-state index contributed by atoms with van der Waals surface area (Å²) in [6.07, 6.45) is 3.41. The average Bonchev–Trinajstić information content (AvgIpc) is 2.32. The fourth-order valence-electron chi connectivity index (χ4n) is 2.70. The fourth-order valence-corrected chi connectivity index (χ4v) is 2.70. The van der Waals surface area contributed by atoms with Crippen LogP contribution in [0.4, 0.5) is 5.82 Å². The molecule has 4 nitrogen and oxygen atoms in total. The number of nitrogens with zero attached hydrogens (tertiary/aromatic N) is 1. The molecule has 1 aromatic rings. The third kappa shape index (κ3) is 4.10. The van der Waals surface area contributed by atoms with Crippen LogP contribution in [0.15, 0.2) is 18.2 Å². The Hall–Kier alpha value is -1.29. The Labute approximate surface area is 120 Å². The molecule has 1 heterocycles. The highest BCUT2D eigenvalue weighted by molar-refractivity contribution is 5.92. The van der Waals surface area contributed by atoms with Gasteiger partial charge in [0.05, 0.1) is 0 Å². The van der Waals surface area contributed by atoms with Gasteiger partial charge >= 0.3 is 0 Å². The van der Waals surface area contributed by atoms with Crippen LogP contribution in [0.25, 0.3) is 0 Å². The van der Waals surface area contributed by atoms with Crippen molar-refractivity contribution in [1.29, 1.82) is 0 Å². The van der Waals surface area contributed by atoms with Crippen molar-refractivity contribution < 1.29 is 4.79 Å². The molecule has 1 fully saturated rings. The second-order valence-electron chi connectivity index (χ2n) is 5.42. The Morgan fingerprint density at radius 3 is 2.74 bits per heavy atom. The standard InChI is InChI=1S/C14H21N3O.ClH/c1-9-6-7-11(10(2)8-9)17-14(18)12-4-3-5-13(15)16-12;/h3-5,9-11H,6-8H2,1-2H3,(H2,15,16)(H,17,18);1H. The van der Waals surface area contributed by atoms with E-state index in [2.05, 4.69) is 24.1 Å². The van der Waals surface area contributed by atoms with E-state index in [1.54, 1.807) is 18.2 Å². The molecule has 1 saturated carbocycles. The maximum Gasteiger partial charge on any atom is 0.270 e. The maximum atomic E-state index is 12.1. The molecule has 2 rings (SSSR count). The van der Waals surface area contributed by atoms with Gasteiger partial charge in [0.15, 0.2) is 0 Å². The van der Waals surface area contributed by atoms with Crippen molar-refractivity contribution >= 4 is 24.1 Å². The summed E-state index contributed by atoms with van der Waals surface area (Å²) in [5.41, 5.74) is 5.99. The van der Waals surface area contributed by atoms with E-state index in [9.17, 15) is 4.79 Å². The second kappa shape index (κ2) is 6.75. The number of rotatable bonds is 2. The van der Waals surface area contributed by atoms with E-state index in [1.165, 1.54) is 12.8 Å². The summed E-state index contributed by atoms with van der Waals surface area (Å²) in [7, 11) is 0. The van der Waals surface area contributed by atoms with Crippen molar-refractivity contribution in [2.24, 2.45) is 11.8 Å². The van der Waals surface area contributed by atoms with Gasteiger partial charge < -0.3 is 11.1 Å². The van der Waals surface area contributed by atoms with Crippen LogP contribution in [0.1, 0.15) is 43.6 Å². The summed E-state index contributed by atoms with van der Waals surface area (Å²) >= 11 is 0. The Morgan fingerprint density at radius 2 is 2.11 bits per heavy atom. The summed E-state index contributed by atoms with van der Waals surface area (Å²) in [5, 5.41) is 3.08. The van der Waals surface area contributed by atoms with Gasteiger partial charge in [0, 0.05) is 6.04 Å². The van der Waals surface area contributed by atoms with Crippen LogP contribution >= 0.6 is 12.4 Å². The molecule has 19 heavy (non-hydrogen) atoms. The molecular formula is C14H22ClN3O. The number of amides is 1. The lowest BCUT2D eigenvalue weighted by atomic mass is 9.80. The Kier molecular flexibility index (Phi) is 5.60. The number of anilines is 1. The van der Waals surface area contributed by atoms with Gasteiger partial charge in [0.2, 0.25) is 0 Å². The van der Waals surface area contributed by atoms with Crippen LogP contribution < -0.4 is 11.1 Å². The van der Waals surface area contributed by atoms with Gasteiger partial charge in [-0.1, -0.05) is 19.9 Å². The molecule has 3 N–H and O–H groups in total. The van der Waals surface area contributed by atoms with E-state index in [4.69, 9.17) is 5.73 Å². The van der Waals surface area contributed by atoms with Crippen molar-refractivity contribution in [3.05, 3.63) is 23.9 Å². The lowest BCUT2D eigenvalue weighted by Crippen LogP contribution is -2.42. The highest BCUT2D eigenvalue weighted by atomic mass is 35.5. The minimum absolute atomic E-state index is 0. The van der Waals surface area contributed by atoms with Crippen LogP contribution in [-0.4, -0.2) is 16.9 Å². The topological polar surface area (TPSA) is 68.0 Å². The van der Waals surface area contributed by atoms with Crippen molar-refractivity contribution in [2.75, 3.05) is 5.73 Å².